The lowest BCUT2D eigenvalue weighted by Gasteiger charge is -2.26. The Bertz CT molecular complexity index is 1350. The van der Waals surface area contributed by atoms with Crippen LogP contribution in [0.15, 0.2) is 55.0 Å². The van der Waals surface area contributed by atoms with Gasteiger partial charge in [-0.2, -0.15) is 0 Å². The van der Waals surface area contributed by atoms with Crippen molar-refractivity contribution in [1.29, 1.82) is 0 Å². The van der Waals surface area contributed by atoms with Gasteiger partial charge in [0.05, 0.1) is 5.52 Å². The fourth-order valence-corrected chi connectivity index (χ4v) is 4.86. The average Bonchev–Trinajstić information content (AvgIpc) is 2.85. The highest BCUT2D eigenvalue weighted by molar-refractivity contribution is 6.00. The molecule has 0 aliphatic carbocycles. The van der Waals surface area contributed by atoms with Crippen molar-refractivity contribution in [2.75, 3.05) is 38.4 Å². The second-order valence-corrected chi connectivity index (χ2v) is 9.51. The third-order valence-corrected chi connectivity index (χ3v) is 6.66. The summed E-state index contributed by atoms with van der Waals surface area (Å²) in [6, 6.07) is 12.5. The summed E-state index contributed by atoms with van der Waals surface area (Å²) in [5.41, 5.74) is 14.6. The number of rotatable bonds is 6. The molecule has 7 heteroatoms. The second-order valence-electron chi connectivity index (χ2n) is 9.51. The standard InChI is InChI=1S/C28H32N6O/c1-18-8-11-30-15-24(18)23-6-7-26(29)25-16-31-28(33-27(23)25)32-21-4-5-22(19-9-12-35-13-10-19)20(14-21)17-34(2)3/h4-8,11,14-16,19H,9-10,12-13,17,29H2,1-3H3,(H,31,32,33). The highest BCUT2D eigenvalue weighted by Crippen LogP contribution is 2.34. The van der Waals surface area contributed by atoms with Crippen LogP contribution in [0.5, 0.6) is 0 Å². The van der Waals surface area contributed by atoms with E-state index in [2.05, 4.69) is 59.4 Å². The molecule has 0 amide bonds. The predicted octanol–water partition coefficient (Wildman–Crippen LogP) is 5.28. The molecule has 0 spiro atoms. The van der Waals surface area contributed by atoms with E-state index in [1.807, 2.05) is 24.4 Å². The van der Waals surface area contributed by atoms with Crippen molar-refractivity contribution in [2.45, 2.75) is 32.2 Å². The lowest BCUT2D eigenvalue weighted by atomic mass is 9.88. The van der Waals surface area contributed by atoms with Crippen LogP contribution in [0.3, 0.4) is 0 Å². The van der Waals surface area contributed by atoms with E-state index in [-0.39, 0.29) is 0 Å². The van der Waals surface area contributed by atoms with Crippen molar-refractivity contribution in [1.82, 2.24) is 19.9 Å². The zero-order valence-corrected chi connectivity index (χ0v) is 20.6. The van der Waals surface area contributed by atoms with E-state index >= 15 is 0 Å². The van der Waals surface area contributed by atoms with Crippen LogP contribution >= 0.6 is 0 Å². The highest BCUT2D eigenvalue weighted by atomic mass is 16.5. The Morgan fingerprint density at radius 1 is 1.06 bits per heavy atom. The Labute approximate surface area is 206 Å². The van der Waals surface area contributed by atoms with E-state index in [4.69, 9.17) is 15.5 Å². The SMILES string of the molecule is Cc1ccncc1-c1ccc(N)c2cnc(Nc3ccc(C4CCOCC4)c(CN(C)C)c3)nc12. The molecule has 1 aliphatic heterocycles. The number of hydrogen-bond donors (Lipinski definition) is 2. The molecule has 0 saturated carbocycles. The van der Waals surface area contributed by atoms with Gasteiger partial charge in [0, 0.05) is 66.2 Å². The van der Waals surface area contributed by atoms with Gasteiger partial charge < -0.3 is 20.7 Å². The van der Waals surface area contributed by atoms with E-state index < -0.39 is 0 Å². The Morgan fingerprint density at radius 2 is 1.89 bits per heavy atom. The number of anilines is 3. The number of benzene rings is 2. The Kier molecular flexibility index (Phi) is 6.61. The first-order valence-electron chi connectivity index (χ1n) is 12.1. The number of fused-ring (bicyclic) bond motifs is 1. The summed E-state index contributed by atoms with van der Waals surface area (Å²) in [5.74, 6) is 1.08. The molecule has 0 radical (unpaired) electrons. The number of aryl methyl sites for hydroxylation is 1. The van der Waals surface area contributed by atoms with Gasteiger partial charge in [-0.1, -0.05) is 12.1 Å². The number of pyridine rings is 1. The van der Waals surface area contributed by atoms with Crippen LogP contribution in [0.25, 0.3) is 22.0 Å². The largest absolute Gasteiger partial charge is 0.398 e. The maximum Gasteiger partial charge on any atom is 0.227 e. The fraction of sp³-hybridized carbons (Fsp3) is 0.321. The Hall–Kier alpha value is -3.55. The quantitative estimate of drug-likeness (QED) is 0.372. The molecule has 5 rings (SSSR count). The van der Waals surface area contributed by atoms with Gasteiger partial charge in [-0.25, -0.2) is 9.97 Å². The van der Waals surface area contributed by atoms with E-state index in [1.165, 1.54) is 11.1 Å². The maximum atomic E-state index is 6.27. The van der Waals surface area contributed by atoms with Crippen LogP contribution in [0.4, 0.5) is 17.3 Å². The monoisotopic (exact) mass is 468 g/mol. The second kappa shape index (κ2) is 9.98. The number of nitrogen functional groups attached to an aromatic ring is 1. The van der Waals surface area contributed by atoms with Crippen LogP contribution in [0.1, 0.15) is 35.4 Å². The summed E-state index contributed by atoms with van der Waals surface area (Å²) >= 11 is 0. The molecule has 180 valence electrons. The lowest BCUT2D eigenvalue weighted by Crippen LogP contribution is -2.18. The summed E-state index contributed by atoms with van der Waals surface area (Å²) in [6.45, 7) is 4.62. The van der Waals surface area contributed by atoms with Crippen LogP contribution in [0, 0.1) is 6.92 Å². The van der Waals surface area contributed by atoms with Crippen molar-refractivity contribution in [3.8, 4) is 11.1 Å². The van der Waals surface area contributed by atoms with Crippen molar-refractivity contribution < 1.29 is 4.74 Å². The molecule has 35 heavy (non-hydrogen) atoms. The smallest absolute Gasteiger partial charge is 0.227 e. The zero-order chi connectivity index (χ0) is 24.4. The van der Waals surface area contributed by atoms with E-state index in [9.17, 15) is 0 Å². The average molecular weight is 469 g/mol. The first-order chi connectivity index (χ1) is 17.0. The number of aromatic nitrogens is 3. The molecule has 0 atom stereocenters. The van der Waals surface area contributed by atoms with Gasteiger partial charge in [-0.15, -0.1) is 0 Å². The van der Waals surface area contributed by atoms with Crippen molar-refractivity contribution in [2.24, 2.45) is 0 Å². The van der Waals surface area contributed by atoms with E-state index in [0.29, 0.717) is 17.6 Å². The number of nitrogens with zero attached hydrogens (tertiary/aromatic N) is 4. The van der Waals surface area contributed by atoms with Crippen LogP contribution < -0.4 is 11.1 Å². The molecule has 3 N–H and O–H groups in total. The Balaban J connectivity index is 1.51. The Morgan fingerprint density at radius 3 is 2.66 bits per heavy atom. The van der Waals surface area contributed by atoms with Crippen LogP contribution in [-0.2, 0) is 11.3 Å². The summed E-state index contributed by atoms with van der Waals surface area (Å²) in [4.78, 5) is 16.0. The molecule has 1 aliphatic rings. The minimum absolute atomic E-state index is 0.540. The minimum Gasteiger partial charge on any atom is -0.398 e. The van der Waals surface area contributed by atoms with Crippen LogP contribution in [0.2, 0.25) is 0 Å². The predicted molar refractivity (Wildman–Crippen MR) is 142 cm³/mol. The zero-order valence-electron chi connectivity index (χ0n) is 20.6. The molecule has 0 bridgehead atoms. The molecule has 2 aromatic carbocycles. The molecule has 1 fully saturated rings. The number of ether oxygens (including phenoxy) is 1. The maximum absolute atomic E-state index is 6.27. The molecule has 0 unspecified atom stereocenters. The number of nitrogens with two attached hydrogens (primary N) is 1. The van der Waals surface area contributed by atoms with Gasteiger partial charge in [-0.3, -0.25) is 4.98 Å². The van der Waals surface area contributed by atoms with Crippen LogP contribution in [-0.4, -0.2) is 47.2 Å². The highest BCUT2D eigenvalue weighted by Gasteiger charge is 2.20. The summed E-state index contributed by atoms with van der Waals surface area (Å²) in [7, 11) is 4.21. The third-order valence-electron chi connectivity index (χ3n) is 6.66. The van der Waals surface area contributed by atoms with Gasteiger partial charge in [0.25, 0.3) is 0 Å². The van der Waals surface area contributed by atoms with Gasteiger partial charge in [0.2, 0.25) is 5.95 Å². The van der Waals surface area contributed by atoms with Crippen molar-refractivity contribution >= 4 is 28.2 Å². The molecule has 4 aromatic rings. The number of hydrogen-bond acceptors (Lipinski definition) is 7. The normalized spacial score (nSPS) is 14.5. The van der Waals surface area contributed by atoms with E-state index in [0.717, 1.165) is 65.9 Å². The van der Waals surface area contributed by atoms with Crippen molar-refractivity contribution in [3.05, 3.63) is 71.7 Å². The van der Waals surface area contributed by atoms with E-state index in [1.54, 1.807) is 12.4 Å². The first-order valence-corrected chi connectivity index (χ1v) is 12.1. The molecular weight excluding hydrogens is 436 g/mol. The minimum atomic E-state index is 0.540. The summed E-state index contributed by atoms with van der Waals surface area (Å²) < 4.78 is 5.59. The molecule has 1 saturated heterocycles. The topological polar surface area (TPSA) is 89.2 Å². The van der Waals surface area contributed by atoms with Gasteiger partial charge in [-0.05, 0) is 80.7 Å². The molecule has 3 heterocycles. The van der Waals surface area contributed by atoms with Gasteiger partial charge >= 0.3 is 0 Å². The lowest BCUT2D eigenvalue weighted by molar-refractivity contribution is 0.0850. The van der Waals surface area contributed by atoms with Gasteiger partial charge in [0.1, 0.15) is 0 Å². The number of nitrogens with one attached hydrogen (secondary N) is 1. The molecule has 2 aromatic heterocycles. The fourth-order valence-electron chi connectivity index (χ4n) is 4.86. The third kappa shape index (κ3) is 4.97. The molecular formula is C28H32N6O. The van der Waals surface area contributed by atoms with Gasteiger partial charge in [0.15, 0.2) is 0 Å². The summed E-state index contributed by atoms with van der Waals surface area (Å²) in [6.07, 6.45) is 7.61. The summed E-state index contributed by atoms with van der Waals surface area (Å²) in [5, 5.41) is 4.26. The first kappa shape index (κ1) is 23.2. The molecule has 7 nitrogen and oxygen atoms in total. The van der Waals surface area contributed by atoms with Crippen molar-refractivity contribution in [3.63, 3.8) is 0 Å².